The molecule has 2 heteroatoms. The Morgan fingerprint density at radius 1 is 0.857 bits per heavy atom. The van der Waals surface area contributed by atoms with E-state index in [0.29, 0.717) is 0 Å². The third-order valence-electron chi connectivity index (χ3n) is 4.20. The standard InChI is InChI=1S/C19H23Si.Li/c1-5-16-20(19(2,3)4,17-12-8-6-9-13-17)18-14-10-7-11-15-18;/h6-15H,1,16H2,2-4H3;/q-1;+1. The smallest absolute Gasteiger partial charge is 0.506 e. The summed E-state index contributed by atoms with van der Waals surface area (Å²) in [4.78, 5) is 0. The van der Waals surface area contributed by atoms with Gasteiger partial charge in [-0.1, -0.05) is 91.8 Å². The van der Waals surface area contributed by atoms with Crippen molar-refractivity contribution in [1.82, 2.24) is 0 Å². The third kappa shape index (κ3) is 3.43. The van der Waals surface area contributed by atoms with Crippen molar-refractivity contribution >= 4 is 18.4 Å². The van der Waals surface area contributed by atoms with Crippen LogP contribution in [0.3, 0.4) is 0 Å². The van der Waals surface area contributed by atoms with Crippen molar-refractivity contribution in [2.75, 3.05) is 0 Å². The third-order valence-corrected chi connectivity index (χ3v) is 10.2. The Hall–Kier alpha value is -1.01. The van der Waals surface area contributed by atoms with Crippen LogP contribution < -0.4 is 29.2 Å². The van der Waals surface area contributed by atoms with Gasteiger partial charge < -0.3 is 6.08 Å². The first kappa shape index (κ1) is 18.0. The maximum atomic E-state index is 3.92. The fourth-order valence-corrected chi connectivity index (χ4v) is 8.04. The zero-order chi connectivity index (χ0) is 14.6. The number of hydrogen-bond acceptors (Lipinski definition) is 0. The van der Waals surface area contributed by atoms with E-state index in [-0.39, 0.29) is 23.9 Å². The van der Waals surface area contributed by atoms with Gasteiger partial charge in [-0.2, -0.15) is 6.04 Å². The van der Waals surface area contributed by atoms with E-state index in [2.05, 4.69) is 94.1 Å². The fourth-order valence-electron chi connectivity index (χ4n) is 3.13. The van der Waals surface area contributed by atoms with Gasteiger partial charge in [0.05, 0.1) is 8.07 Å². The summed E-state index contributed by atoms with van der Waals surface area (Å²) in [6.45, 7) is 11.0. The summed E-state index contributed by atoms with van der Waals surface area (Å²) in [5, 5.41) is 3.14. The Morgan fingerprint density at radius 3 is 1.52 bits per heavy atom. The van der Waals surface area contributed by atoms with E-state index in [0.717, 1.165) is 6.04 Å². The molecule has 0 unspecified atom stereocenters. The van der Waals surface area contributed by atoms with Crippen LogP contribution in [0, 0.1) is 6.08 Å². The molecule has 0 aliphatic rings. The monoisotopic (exact) mass is 286 g/mol. The summed E-state index contributed by atoms with van der Waals surface area (Å²) in [7, 11) is -1.92. The maximum absolute atomic E-state index is 3.92. The van der Waals surface area contributed by atoms with Crippen LogP contribution in [-0.4, -0.2) is 8.07 Å². The summed E-state index contributed by atoms with van der Waals surface area (Å²) in [6, 6.07) is 22.8. The van der Waals surface area contributed by atoms with Crippen molar-refractivity contribution in [3.8, 4) is 0 Å². The van der Waals surface area contributed by atoms with Gasteiger partial charge in [0, 0.05) is 0 Å². The molecule has 2 aromatic carbocycles. The molecule has 2 rings (SSSR count). The maximum Gasteiger partial charge on any atom is 1.00 e. The summed E-state index contributed by atoms with van der Waals surface area (Å²) < 4.78 is 0. The number of rotatable bonds is 4. The SMILES string of the molecule is C=[C-]C[Si](c1ccccc1)(c1ccccc1)C(C)(C)C.[Li+]. The molecule has 0 heterocycles. The topological polar surface area (TPSA) is 0 Å². The minimum atomic E-state index is -1.92. The van der Waals surface area contributed by atoms with E-state index >= 15 is 0 Å². The number of benzene rings is 2. The van der Waals surface area contributed by atoms with E-state index in [1.165, 1.54) is 10.4 Å². The van der Waals surface area contributed by atoms with Gasteiger partial charge in [0.15, 0.2) is 0 Å². The number of allylic oxidation sites excluding steroid dienone is 1. The molecule has 0 amide bonds. The summed E-state index contributed by atoms with van der Waals surface area (Å²) in [5.74, 6) is 0. The van der Waals surface area contributed by atoms with E-state index in [1.54, 1.807) is 0 Å². The summed E-state index contributed by atoms with van der Waals surface area (Å²) in [5.41, 5.74) is 0. The Morgan fingerprint density at radius 2 is 1.24 bits per heavy atom. The van der Waals surface area contributed by atoms with Crippen LogP contribution >= 0.6 is 0 Å². The molecule has 0 fully saturated rings. The molecule has 0 N–H and O–H groups in total. The van der Waals surface area contributed by atoms with E-state index in [9.17, 15) is 0 Å². The molecule has 0 aromatic heterocycles. The van der Waals surface area contributed by atoms with Crippen LogP contribution in [0.1, 0.15) is 20.8 Å². The quantitative estimate of drug-likeness (QED) is 0.582. The van der Waals surface area contributed by atoms with Crippen LogP contribution in [0.2, 0.25) is 11.1 Å². The molecule has 104 valence electrons. The first-order valence-corrected chi connectivity index (χ1v) is 9.34. The first-order chi connectivity index (χ1) is 9.52. The second kappa shape index (κ2) is 7.32. The largest absolute Gasteiger partial charge is 1.00 e. The Balaban J connectivity index is 0.00000220. The second-order valence-electron chi connectivity index (χ2n) is 6.31. The summed E-state index contributed by atoms with van der Waals surface area (Å²) in [6.07, 6.45) is 3.22. The van der Waals surface area contributed by atoms with Crippen LogP contribution in [0.25, 0.3) is 0 Å². The van der Waals surface area contributed by atoms with Gasteiger partial charge in [-0.15, -0.1) is 0 Å². The Kier molecular flexibility index (Phi) is 6.29. The van der Waals surface area contributed by atoms with Crippen LogP contribution in [0.5, 0.6) is 0 Å². The van der Waals surface area contributed by atoms with Crippen molar-refractivity contribution in [2.24, 2.45) is 0 Å². The first-order valence-electron chi connectivity index (χ1n) is 7.13. The van der Waals surface area contributed by atoms with Gasteiger partial charge in [-0.05, 0) is 5.04 Å². The average molecular weight is 286 g/mol. The normalized spacial score (nSPS) is 11.6. The fraction of sp³-hybridized carbons (Fsp3) is 0.263. The van der Waals surface area contributed by atoms with Gasteiger partial charge in [0.2, 0.25) is 0 Å². The predicted molar refractivity (Wildman–Crippen MR) is 91.3 cm³/mol. The predicted octanol–water partition coefficient (Wildman–Crippen LogP) is 1.04. The molecule has 0 saturated carbocycles. The van der Waals surface area contributed by atoms with Crippen LogP contribution in [-0.2, 0) is 0 Å². The molecule has 0 atom stereocenters. The molecular weight excluding hydrogens is 263 g/mol. The Labute approximate surface area is 142 Å². The van der Waals surface area contributed by atoms with Gasteiger partial charge in [0.1, 0.15) is 0 Å². The minimum Gasteiger partial charge on any atom is -0.506 e. The second-order valence-corrected chi connectivity index (χ2v) is 11.1. The van der Waals surface area contributed by atoms with Crippen molar-refractivity contribution in [2.45, 2.75) is 31.9 Å². The number of hydrogen-bond donors (Lipinski definition) is 0. The molecule has 21 heavy (non-hydrogen) atoms. The van der Waals surface area contributed by atoms with Crippen molar-refractivity contribution < 1.29 is 18.9 Å². The zero-order valence-corrected chi connectivity index (χ0v) is 14.7. The average Bonchev–Trinajstić information content (AvgIpc) is 2.45. The van der Waals surface area contributed by atoms with Gasteiger partial charge in [0.25, 0.3) is 0 Å². The molecule has 0 saturated heterocycles. The van der Waals surface area contributed by atoms with Crippen molar-refractivity contribution in [1.29, 1.82) is 0 Å². The molecule has 0 aliphatic heterocycles. The van der Waals surface area contributed by atoms with Crippen LogP contribution in [0.4, 0.5) is 0 Å². The molecule has 0 radical (unpaired) electrons. The molecule has 0 spiro atoms. The Bertz CT molecular complexity index is 516. The van der Waals surface area contributed by atoms with Crippen molar-refractivity contribution in [3.05, 3.63) is 73.3 Å². The van der Waals surface area contributed by atoms with E-state index in [1.807, 2.05) is 0 Å². The molecule has 2 aromatic rings. The summed E-state index contributed by atoms with van der Waals surface area (Å²) >= 11 is 0. The molecular formula is C19H23LiSi. The van der Waals surface area contributed by atoms with Gasteiger partial charge in [-0.3, -0.25) is 6.58 Å². The van der Waals surface area contributed by atoms with Crippen LogP contribution in [0.15, 0.2) is 67.2 Å². The molecule has 0 nitrogen and oxygen atoms in total. The van der Waals surface area contributed by atoms with Gasteiger partial charge in [-0.25, -0.2) is 0 Å². The zero-order valence-electron chi connectivity index (χ0n) is 13.7. The van der Waals surface area contributed by atoms with E-state index < -0.39 is 8.07 Å². The van der Waals surface area contributed by atoms with Crippen molar-refractivity contribution in [3.63, 3.8) is 0 Å². The molecule has 0 aliphatic carbocycles. The van der Waals surface area contributed by atoms with Gasteiger partial charge >= 0.3 is 18.9 Å². The minimum absolute atomic E-state index is 0. The molecule has 0 bridgehead atoms. The van der Waals surface area contributed by atoms with E-state index in [4.69, 9.17) is 0 Å².